The highest BCUT2D eigenvalue weighted by atomic mass is 16.3. The molecule has 1 spiro atoms. The number of hydrogen-bond acceptors (Lipinski definition) is 6. The highest BCUT2D eigenvalue weighted by Crippen LogP contribution is 2.43. The van der Waals surface area contributed by atoms with Crippen LogP contribution in [0.2, 0.25) is 0 Å². The van der Waals surface area contributed by atoms with Crippen molar-refractivity contribution in [3.8, 4) is 11.1 Å². The van der Waals surface area contributed by atoms with E-state index < -0.39 is 5.91 Å². The van der Waals surface area contributed by atoms with Gasteiger partial charge in [-0.05, 0) is 62.6 Å². The zero-order valence-electron chi connectivity index (χ0n) is 18.8. The van der Waals surface area contributed by atoms with Gasteiger partial charge >= 0.3 is 0 Å². The molecule has 1 aromatic carbocycles. The summed E-state index contributed by atoms with van der Waals surface area (Å²) in [6.07, 6.45) is 9.50. The Labute approximate surface area is 193 Å². The monoisotopic (exact) mass is 449 g/mol. The van der Waals surface area contributed by atoms with Gasteiger partial charge < -0.3 is 20.6 Å². The van der Waals surface area contributed by atoms with Gasteiger partial charge in [-0.2, -0.15) is 0 Å². The summed E-state index contributed by atoms with van der Waals surface area (Å²) in [4.78, 5) is 38.2. The third kappa shape index (κ3) is 4.19. The van der Waals surface area contributed by atoms with Crippen LogP contribution in [-0.2, 0) is 4.79 Å². The van der Waals surface area contributed by atoms with E-state index in [1.165, 1.54) is 0 Å². The molecule has 5 rings (SSSR count). The molecule has 0 bridgehead atoms. The van der Waals surface area contributed by atoms with Crippen molar-refractivity contribution in [2.75, 3.05) is 24.5 Å². The molecule has 8 nitrogen and oxygen atoms in total. The van der Waals surface area contributed by atoms with E-state index in [4.69, 9.17) is 5.73 Å². The first-order valence-corrected chi connectivity index (χ1v) is 11.9. The lowest BCUT2D eigenvalue weighted by atomic mass is 9.78. The molecule has 33 heavy (non-hydrogen) atoms. The van der Waals surface area contributed by atoms with Crippen molar-refractivity contribution in [3.05, 3.63) is 42.2 Å². The maximum Gasteiger partial charge on any atom is 0.248 e. The van der Waals surface area contributed by atoms with Gasteiger partial charge in [0, 0.05) is 49.2 Å². The predicted octanol–water partition coefficient (Wildman–Crippen LogP) is 2.36. The Morgan fingerprint density at radius 3 is 2.36 bits per heavy atom. The molecule has 174 valence electrons. The number of likely N-dealkylation sites (tertiary alicyclic amines) is 1. The normalized spacial score (nSPS) is 27.8. The Morgan fingerprint density at radius 1 is 1.00 bits per heavy atom. The van der Waals surface area contributed by atoms with Gasteiger partial charge in [-0.1, -0.05) is 12.1 Å². The Hall–Kier alpha value is -3.00. The maximum atomic E-state index is 13.5. The molecule has 2 amide bonds. The number of hydrogen-bond donors (Lipinski definition) is 2. The molecule has 0 unspecified atom stereocenters. The summed E-state index contributed by atoms with van der Waals surface area (Å²) in [7, 11) is 0. The van der Waals surface area contributed by atoms with Crippen LogP contribution in [0.15, 0.2) is 36.7 Å². The van der Waals surface area contributed by atoms with Crippen molar-refractivity contribution in [3.63, 3.8) is 0 Å². The number of nitrogens with zero attached hydrogens (tertiary/aromatic N) is 4. The van der Waals surface area contributed by atoms with Gasteiger partial charge in [-0.15, -0.1) is 0 Å². The number of amides is 2. The molecule has 2 aliphatic heterocycles. The van der Waals surface area contributed by atoms with Gasteiger partial charge in [0.25, 0.3) is 0 Å². The maximum absolute atomic E-state index is 13.5. The molecular formula is C25H31N5O3. The molecule has 1 aliphatic carbocycles. The number of aliphatic hydroxyl groups excluding tert-OH is 1. The smallest absolute Gasteiger partial charge is 0.248 e. The third-order valence-electron chi connectivity index (χ3n) is 7.65. The number of piperidine rings is 1. The largest absolute Gasteiger partial charge is 0.393 e. The van der Waals surface area contributed by atoms with Crippen LogP contribution in [0.1, 0.15) is 55.3 Å². The van der Waals surface area contributed by atoms with Crippen molar-refractivity contribution in [1.82, 2.24) is 14.9 Å². The summed E-state index contributed by atoms with van der Waals surface area (Å²) in [6.45, 7) is 2.32. The highest BCUT2D eigenvalue weighted by molar-refractivity contribution is 5.93. The summed E-state index contributed by atoms with van der Waals surface area (Å²) >= 11 is 0. The Morgan fingerprint density at radius 2 is 1.70 bits per heavy atom. The topological polar surface area (TPSA) is 113 Å². The van der Waals surface area contributed by atoms with Crippen LogP contribution in [0, 0.1) is 5.41 Å². The fraction of sp³-hybridized carbons (Fsp3) is 0.520. The minimum atomic E-state index is -0.451. The molecule has 3 N–H and O–H groups in total. The van der Waals surface area contributed by atoms with Gasteiger partial charge in [0.2, 0.25) is 17.8 Å². The van der Waals surface area contributed by atoms with Crippen LogP contribution < -0.4 is 10.6 Å². The van der Waals surface area contributed by atoms with Crippen LogP contribution in [-0.4, -0.2) is 63.6 Å². The SMILES string of the molecule is NC(=O)c1ccc(-c2cnc(N3CCC[C@]4(CCN(C5CCC(O)CC5)C4=O)C3)nc2)cc1. The van der Waals surface area contributed by atoms with Crippen molar-refractivity contribution in [1.29, 1.82) is 0 Å². The predicted molar refractivity (Wildman–Crippen MR) is 124 cm³/mol. The summed E-state index contributed by atoms with van der Waals surface area (Å²) in [5, 5.41) is 9.82. The van der Waals surface area contributed by atoms with Crippen LogP contribution >= 0.6 is 0 Å². The van der Waals surface area contributed by atoms with Crippen molar-refractivity contribution in [2.45, 2.75) is 57.1 Å². The average Bonchev–Trinajstić information content (AvgIpc) is 3.15. The molecule has 2 saturated heterocycles. The Balaban J connectivity index is 1.28. The first-order chi connectivity index (χ1) is 15.9. The molecule has 1 aromatic heterocycles. The number of rotatable bonds is 4. The number of aromatic nitrogens is 2. The number of carbonyl (C=O) groups excluding carboxylic acids is 2. The molecule has 1 atom stereocenters. The van der Waals surface area contributed by atoms with Crippen molar-refractivity contribution < 1.29 is 14.7 Å². The van der Waals surface area contributed by atoms with E-state index in [1.807, 2.05) is 12.1 Å². The number of carbonyl (C=O) groups is 2. The summed E-state index contributed by atoms with van der Waals surface area (Å²) in [5.41, 5.74) is 7.22. The Bertz CT molecular complexity index is 1020. The lowest BCUT2D eigenvalue weighted by molar-refractivity contribution is -0.139. The molecule has 3 fully saturated rings. The number of primary amides is 1. The van der Waals surface area contributed by atoms with E-state index in [0.29, 0.717) is 18.1 Å². The minimum Gasteiger partial charge on any atom is -0.393 e. The van der Waals surface area contributed by atoms with E-state index in [0.717, 1.165) is 69.2 Å². The summed E-state index contributed by atoms with van der Waals surface area (Å²) in [6, 6.07) is 7.34. The third-order valence-corrected chi connectivity index (χ3v) is 7.65. The van der Waals surface area contributed by atoms with E-state index >= 15 is 0 Å². The van der Waals surface area contributed by atoms with Crippen molar-refractivity contribution >= 4 is 17.8 Å². The molecule has 0 radical (unpaired) electrons. The van der Waals surface area contributed by atoms with Crippen LogP contribution in [0.25, 0.3) is 11.1 Å². The second-order valence-electron chi connectivity index (χ2n) is 9.73. The number of nitrogens with two attached hydrogens (primary N) is 1. The molecular weight excluding hydrogens is 418 g/mol. The molecule has 3 heterocycles. The molecule has 1 saturated carbocycles. The lowest BCUT2D eigenvalue weighted by Gasteiger charge is -2.40. The molecule has 2 aromatic rings. The van der Waals surface area contributed by atoms with Gasteiger partial charge in [-0.3, -0.25) is 9.59 Å². The zero-order valence-corrected chi connectivity index (χ0v) is 18.8. The van der Waals surface area contributed by atoms with Gasteiger partial charge in [0.1, 0.15) is 0 Å². The fourth-order valence-corrected chi connectivity index (χ4v) is 5.71. The summed E-state index contributed by atoms with van der Waals surface area (Å²) in [5.74, 6) is 0.478. The second-order valence-corrected chi connectivity index (χ2v) is 9.73. The lowest BCUT2D eigenvalue weighted by Crippen LogP contribution is -2.50. The second kappa shape index (κ2) is 8.74. The average molecular weight is 450 g/mol. The van der Waals surface area contributed by atoms with Gasteiger partial charge in [-0.25, -0.2) is 9.97 Å². The molecule has 3 aliphatic rings. The van der Waals surface area contributed by atoms with E-state index in [1.54, 1.807) is 24.5 Å². The highest BCUT2D eigenvalue weighted by Gasteiger charge is 2.51. The zero-order chi connectivity index (χ0) is 23.0. The van der Waals surface area contributed by atoms with Gasteiger partial charge in [0.15, 0.2) is 0 Å². The summed E-state index contributed by atoms with van der Waals surface area (Å²) < 4.78 is 0. The Kier molecular flexibility index (Phi) is 5.78. The van der Waals surface area contributed by atoms with E-state index in [-0.39, 0.29) is 23.5 Å². The van der Waals surface area contributed by atoms with Crippen LogP contribution in [0.5, 0.6) is 0 Å². The number of aliphatic hydroxyl groups is 1. The number of anilines is 1. The number of benzene rings is 1. The van der Waals surface area contributed by atoms with Crippen LogP contribution in [0.4, 0.5) is 5.95 Å². The minimum absolute atomic E-state index is 0.209. The first-order valence-electron chi connectivity index (χ1n) is 11.9. The van der Waals surface area contributed by atoms with Crippen molar-refractivity contribution in [2.24, 2.45) is 11.1 Å². The molecule has 8 heteroatoms. The standard InChI is InChI=1S/C25H31N5O3/c26-22(32)18-4-2-17(3-5-18)19-14-27-24(28-15-19)29-12-1-10-25(16-29)11-13-30(23(25)33)20-6-8-21(31)9-7-20/h2-5,14-15,20-21,31H,1,6-13,16H2,(H2,26,32)/t20?,21?,25-/m0/s1. The van der Waals surface area contributed by atoms with E-state index in [9.17, 15) is 14.7 Å². The van der Waals surface area contributed by atoms with Crippen LogP contribution in [0.3, 0.4) is 0 Å². The quantitative estimate of drug-likeness (QED) is 0.741. The van der Waals surface area contributed by atoms with E-state index in [2.05, 4.69) is 19.8 Å². The fourth-order valence-electron chi connectivity index (χ4n) is 5.71. The first kappa shape index (κ1) is 21.8. The van der Waals surface area contributed by atoms with Gasteiger partial charge in [0.05, 0.1) is 11.5 Å².